The lowest BCUT2D eigenvalue weighted by atomic mass is 10.2. The molecule has 2 aromatic rings. The normalized spacial score (nSPS) is 11.4. The first kappa shape index (κ1) is 16.4. The molecule has 0 fully saturated rings. The van der Waals surface area contributed by atoms with E-state index in [0.717, 1.165) is 5.56 Å². The van der Waals surface area contributed by atoms with Gasteiger partial charge in [-0.3, -0.25) is 14.9 Å². The lowest BCUT2D eigenvalue weighted by Crippen LogP contribution is -2.17. The molecular formula is C16H12ClN3O3. The van der Waals surface area contributed by atoms with Gasteiger partial charge in [0.15, 0.2) is 0 Å². The number of hydrazone groups is 1. The number of hydrogen-bond acceptors (Lipinski definition) is 4. The number of nitrogens with one attached hydrogen (secondary N) is 1. The number of carbonyl (C=O) groups excluding carboxylic acids is 1. The maximum atomic E-state index is 11.8. The van der Waals surface area contributed by atoms with Gasteiger partial charge in [0, 0.05) is 17.7 Å². The fourth-order valence-corrected chi connectivity index (χ4v) is 1.87. The van der Waals surface area contributed by atoms with Crippen LogP contribution in [0, 0.1) is 10.1 Å². The number of non-ortho nitro benzene ring substituents is 1. The van der Waals surface area contributed by atoms with E-state index < -0.39 is 10.8 Å². The molecule has 0 aromatic heterocycles. The summed E-state index contributed by atoms with van der Waals surface area (Å²) in [5.74, 6) is -0.486. The molecule has 0 bridgehead atoms. The number of halogens is 1. The lowest BCUT2D eigenvalue weighted by molar-refractivity contribution is -0.384. The molecule has 0 radical (unpaired) electrons. The molecule has 0 unspecified atom stereocenters. The summed E-state index contributed by atoms with van der Waals surface area (Å²) in [5, 5.41) is 14.6. The van der Waals surface area contributed by atoms with Gasteiger partial charge >= 0.3 is 0 Å². The van der Waals surface area contributed by atoms with Crippen LogP contribution in [-0.2, 0) is 0 Å². The first-order valence-corrected chi connectivity index (χ1v) is 6.94. The van der Waals surface area contributed by atoms with E-state index in [9.17, 15) is 14.9 Å². The van der Waals surface area contributed by atoms with Gasteiger partial charge in [0.2, 0.25) is 0 Å². The Hall–Kier alpha value is -2.99. The molecule has 0 saturated carbocycles. The minimum Gasteiger partial charge on any atom is -0.267 e. The van der Waals surface area contributed by atoms with Crippen molar-refractivity contribution in [3.05, 3.63) is 80.9 Å². The molecule has 2 aromatic carbocycles. The molecule has 2 rings (SSSR count). The first-order valence-electron chi connectivity index (χ1n) is 6.56. The zero-order valence-electron chi connectivity index (χ0n) is 11.8. The van der Waals surface area contributed by atoms with Gasteiger partial charge in [-0.2, -0.15) is 5.10 Å². The van der Waals surface area contributed by atoms with Crippen molar-refractivity contribution in [3.8, 4) is 0 Å². The van der Waals surface area contributed by atoms with Gasteiger partial charge in [0.25, 0.3) is 11.6 Å². The highest BCUT2D eigenvalue weighted by atomic mass is 35.5. The van der Waals surface area contributed by atoms with E-state index in [1.165, 1.54) is 30.5 Å². The summed E-state index contributed by atoms with van der Waals surface area (Å²) in [4.78, 5) is 21.8. The highest BCUT2D eigenvalue weighted by Crippen LogP contribution is 2.12. The first-order chi connectivity index (χ1) is 11.1. The zero-order chi connectivity index (χ0) is 16.7. The number of carbonyl (C=O) groups is 1. The van der Waals surface area contributed by atoms with E-state index >= 15 is 0 Å². The molecule has 1 amide bonds. The summed E-state index contributed by atoms with van der Waals surface area (Å²) in [6.45, 7) is 0. The smallest absolute Gasteiger partial charge is 0.267 e. The standard InChI is InChI=1S/C16H12ClN3O3/c17-14(10-12-4-2-1-3-5-12)11-18-19-16(21)13-6-8-15(9-7-13)20(22)23/h1-11H,(H,19,21). The fourth-order valence-electron chi connectivity index (χ4n) is 1.70. The number of nitro groups is 1. The summed E-state index contributed by atoms with van der Waals surface area (Å²) in [6.07, 6.45) is 3.00. The van der Waals surface area contributed by atoms with Crippen LogP contribution in [0.2, 0.25) is 0 Å². The molecule has 116 valence electrons. The molecule has 6 nitrogen and oxygen atoms in total. The van der Waals surface area contributed by atoms with Crippen molar-refractivity contribution in [2.24, 2.45) is 5.10 Å². The van der Waals surface area contributed by atoms with Crippen LogP contribution >= 0.6 is 11.6 Å². The van der Waals surface area contributed by atoms with Crippen LogP contribution in [0.15, 0.2) is 64.7 Å². The van der Waals surface area contributed by atoms with Crippen LogP contribution in [0.25, 0.3) is 6.08 Å². The predicted octanol–water partition coefficient (Wildman–Crippen LogP) is 3.59. The number of rotatable bonds is 5. The topological polar surface area (TPSA) is 84.6 Å². The van der Waals surface area contributed by atoms with Crippen LogP contribution in [0.5, 0.6) is 0 Å². The average molecular weight is 330 g/mol. The molecule has 0 aliphatic rings. The van der Waals surface area contributed by atoms with Crippen LogP contribution in [-0.4, -0.2) is 17.0 Å². The van der Waals surface area contributed by atoms with Crippen molar-refractivity contribution in [3.63, 3.8) is 0 Å². The molecule has 0 saturated heterocycles. The lowest BCUT2D eigenvalue weighted by Gasteiger charge is -1.99. The Balaban J connectivity index is 1.95. The van der Waals surface area contributed by atoms with E-state index in [-0.39, 0.29) is 11.3 Å². The number of allylic oxidation sites excluding steroid dienone is 1. The summed E-state index contributed by atoms with van der Waals surface area (Å²) in [6, 6.07) is 14.6. The van der Waals surface area contributed by atoms with Gasteiger partial charge in [-0.05, 0) is 23.8 Å². The van der Waals surface area contributed by atoms with Crippen molar-refractivity contribution < 1.29 is 9.72 Å². The van der Waals surface area contributed by atoms with Crippen LogP contribution in [0.1, 0.15) is 15.9 Å². The second-order valence-electron chi connectivity index (χ2n) is 4.44. The van der Waals surface area contributed by atoms with Crippen molar-refractivity contribution in [2.45, 2.75) is 0 Å². The van der Waals surface area contributed by atoms with Gasteiger partial charge in [0.1, 0.15) is 0 Å². The van der Waals surface area contributed by atoms with Crippen LogP contribution in [0.3, 0.4) is 0 Å². The number of hydrogen-bond donors (Lipinski definition) is 1. The van der Waals surface area contributed by atoms with Crippen LogP contribution < -0.4 is 5.43 Å². The molecule has 7 heteroatoms. The van der Waals surface area contributed by atoms with Gasteiger partial charge in [-0.15, -0.1) is 0 Å². The highest BCUT2D eigenvalue weighted by molar-refractivity contribution is 6.41. The Morgan fingerprint density at radius 3 is 2.39 bits per heavy atom. The summed E-state index contributed by atoms with van der Waals surface area (Å²) in [5.41, 5.74) is 3.38. The monoisotopic (exact) mass is 329 g/mol. The SMILES string of the molecule is O=C(NN=CC(Cl)=Cc1ccccc1)c1ccc([N+](=O)[O-])cc1. The van der Waals surface area contributed by atoms with Crippen LogP contribution in [0.4, 0.5) is 5.69 Å². The van der Waals surface area contributed by atoms with E-state index in [1.54, 1.807) is 6.08 Å². The summed E-state index contributed by atoms with van der Waals surface area (Å²) < 4.78 is 0. The Bertz CT molecular complexity index is 756. The Morgan fingerprint density at radius 2 is 1.78 bits per heavy atom. The molecular weight excluding hydrogens is 318 g/mol. The maximum absolute atomic E-state index is 11.8. The van der Waals surface area contributed by atoms with Crippen molar-refractivity contribution in [2.75, 3.05) is 0 Å². The Kier molecular flexibility index (Phi) is 5.60. The second-order valence-corrected chi connectivity index (χ2v) is 4.88. The predicted molar refractivity (Wildman–Crippen MR) is 89.3 cm³/mol. The van der Waals surface area contributed by atoms with E-state index in [2.05, 4.69) is 10.5 Å². The number of nitrogens with zero attached hydrogens (tertiary/aromatic N) is 2. The van der Waals surface area contributed by atoms with E-state index in [1.807, 2.05) is 30.3 Å². The molecule has 0 aliphatic heterocycles. The maximum Gasteiger partial charge on any atom is 0.271 e. The molecule has 1 N–H and O–H groups in total. The minimum absolute atomic E-state index is 0.0844. The summed E-state index contributed by atoms with van der Waals surface area (Å²) in [7, 11) is 0. The number of amides is 1. The third-order valence-corrected chi connectivity index (χ3v) is 3.01. The molecule has 23 heavy (non-hydrogen) atoms. The van der Waals surface area contributed by atoms with Crippen molar-refractivity contribution in [1.82, 2.24) is 5.43 Å². The van der Waals surface area contributed by atoms with Gasteiger partial charge in [-0.1, -0.05) is 41.9 Å². The average Bonchev–Trinajstić information content (AvgIpc) is 2.55. The van der Waals surface area contributed by atoms with E-state index in [4.69, 9.17) is 11.6 Å². The Labute approximate surface area is 137 Å². The molecule has 0 aliphatic carbocycles. The summed E-state index contributed by atoms with van der Waals surface area (Å²) >= 11 is 5.99. The largest absolute Gasteiger partial charge is 0.271 e. The Morgan fingerprint density at radius 1 is 1.13 bits per heavy atom. The van der Waals surface area contributed by atoms with E-state index in [0.29, 0.717) is 5.03 Å². The third-order valence-electron chi connectivity index (χ3n) is 2.80. The second kappa shape index (κ2) is 7.86. The molecule has 0 heterocycles. The van der Waals surface area contributed by atoms with Crippen molar-refractivity contribution >= 4 is 35.5 Å². The zero-order valence-corrected chi connectivity index (χ0v) is 12.6. The highest BCUT2D eigenvalue weighted by Gasteiger charge is 2.08. The van der Waals surface area contributed by atoms with Gasteiger partial charge in [0.05, 0.1) is 16.2 Å². The fraction of sp³-hybridized carbons (Fsp3) is 0. The minimum atomic E-state index is -0.534. The van der Waals surface area contributed by atoms with Gasteiger partial charge < -0.3 is 0 Å². The third kappa shape index (κ3) is 5.05. The van der Waals surface area contributed by atoms with Gasteiger partial charge in [-0.25, -0.2) is 5.43 Å². The van der Waals surface area contributed by atoms with Crippen molar-refractivity contribution in [1.29, 1.82) is 0 Å². The number of benzene rings is 2. The molecule has 0 atom stereocenters. The molecule has 0 spiro atoms. The number of nitro benzene ring substituents is 1. The quantitative estimate of drug-likeness (QED) is 0.516.